The van der Waals surface area contributed by atoms with E-state index < -0.39 is 15.9 Å². The van der Waals surface area contributed by atoms with Gasteiger partial charge in [0.05, 0.1) is 0 Å². The maximum Gasteiger partial charge on any atom is 0.457 e. The lowest BCUT2D eigenvalue weighted by Gasteiger charge is -2.25. The summed E-state index contributed by atoms with van der Waals surface area (Å²) in [6, 6.07) is 0. The van der Waals surface area contributed by atoms with Gasteiger partial charge in [0, 0.05) is 0 Å². The summed E-state index contributed by atoms with van der Waals surface area (Å²) in [5, 5.41) is 0. The Bertz CT molecular complexity index is 128. The third kappa shape index (κ3) is 2.23. The van der Waals surface area contributed by atoms with E-state index in [1.165, 1.54) is 0 Å². The van der Waals surface area contributed by atoms with Crippen molar-refractivity contribution >= 4 is 34.8 Å². The molecule has 0 aliphatic heterocycles. The molecule has 8 heteroatoms. The normalized spacial score (nSPS) is 15.3. The van der Waals surface area contributed by atoms with Crippen LogP contribution in [0.25, 0.3) is 0 Å². The molecule has 0 bridgehead atoms. The molecular formula is C3Cl3F5. The molecule has 0 aliphatic rings. The topological polar surface area (TPSA) is 0 Å². The van der Waals surface area contributed by atoms with Gasteiger partial charge in [0.15, 0.2) is 0 Å². The zero-order valence-corrected chi connectivity index (χ0v) is 6.79. The third-order valence-corrected chi connectivity index (χ3v) is 1.42. The summed E-state index contributed by atoms with van der Waals surface area (Å²) in [4.78, 5) is 0. The van der Waals surface area contributed by atoms with Crippen molar-refractivity contribution in [2.24, 2.45) is 0 Å². The smallest absolute Gasteiger partial charge is 0.191 e. The standard InChI is InChI=1S/C3Cl3F5/c4-2(5,6)1(7,8)3(9,10)11. The average Bonchev–Trinajstić information content (AvgIpc) is 1.58. The predicted octanol–water partition coefficient (Wildman–Crippen LogP) is 3.55. The molecule has 0 atom stereocenters. The summed E-state index contributed by atoms with van der Waals surface area (Å²) in [5.74, 6) is -5.33. The van der Waals surface area contributed by atoms with Crippen molar-refractivity contribution in [1.82, 2.24) is 0 Å². The fourth-order valence-electron chi connectivity index (χ4n) is 0.161. The van der Waals surface area contributed by atoms with Gasteiger partial charge in [-0.1, -0.05) is 34.8 Å². The first kappa shape index (κ1) is 11.5. The maximum atomic E-state index is 11.9. The van der Waals surface area contributed by atoms with Gasteiger partial charge in [0.2, 0.25) is 0 Å². The molecule has 0 unspecified atom stereocenters. The number of halogens is 8. The first-order valence-corrected chi connectivity index (χ1v) is 3.15. The summed E-state index contributed by atoms with van der Waals surface area (Å²) in [5.41, 5.74) is 0. The second-order valence-electron chi connectivity index (χ2n) is 1.57. The zero-order chi connectivity index (χ0) is 9.50. The Morgan fingerprint density at radius 2 is 1.00 bits per heavy atom. The van der Waals surface area contributed by atoms with E-state index in [-0.39, 0.29) is 0 Å². The van der Waals surface area contributed by atoms with Crippen LogP contribution in [0.3, 0.4) is 0 Å². The summed E-state index contributed by atoms with van der Waals surface area (Å²) >= 11 is 13.1. The minimum atomic E-state index is -5.85. The monoisotopic (exact) mass is 236 g/mol. The van der Waals surface area contributed by atoms with Crippen molar-refractivity contribution in [3.05, 3.63) is 0 Å². The fraction of sp³-hybridized carbons (Fsp3) is 1.00. The first-order valence-electron chi connectivity index (χ1n) is 2.01. The van der Waals surface area contributed by atoms with Gasteiger partial charge < -0.3 is 0 Å². The summed E-state index contributed by atoms with van der Waals surface area (Å²) < 4.78 is 54.1. The molecular weight excluding hydrogens is 237 g/mol. The van der Waals surface area contributed by atoms with E-state index in [9.17, 15) is 22.0 Å². The maximum absolute atomic E-state index is 11.9. The molecule has 11 heavy (non-hydrogen) atoms. The highest BCUT2D eigenvalue weighted by atomic mass is 35.6. The van der Waals surface area contributed by atoms with Crippen LogP contribution in [0.5, 0.6) is 0 Å². The molecule has 0 heterocycles. The van der Waals surface area contributed by atoms with E-state index in [4.69, 9.17) is 0 Å². The molecule has 68 valence electrons. The lowest BCUT2D eigenvalue weighted by molar-refractivity contribution is -0.279. The van der Waals surface area contributed by atoms with Crippen LogP contribution in [0.15, 0.2) is 0 Å². The summed E-state index contributed by atoms with van der Waals surface area (Å²) in [7, 11) is 0. The molecule has 0 nitrogen and oxygen atoms in total. The number of alkyl halides is 8. The molecule has 0 N–H and O–H groups in total. The number of hydrogen-bond donors (Lipinski definition) is 0. The van der Waals surface area contributed by atoms with Crippen molar-refractivity contribution in [3.8, 4) is 0 Å². The van der Waals surface area contributed by atoms with E-state index in [0.717, 1.165) is 0 Å². The van der Waals surface area contributed by atoms with Gasteiger partial charge in [0.1, 0.15) is 0 Å². The zero-order valence-electron chi connectivity index (χ0n) is 4.52. The second-order valence-corrected chi connectivity index (χ2v) is 3.85. The minimum Gasteiger partial charge on any atom is -0.191 e. The van der Waals surface area contributed by atoms with E-state index >= 15 is 0 Å². The van der Waals surface area contributed by atoms with Crippen molar-refractivity contribution in [3.63, 3.8) is 0 Å². The number of hydrogen-bond acceptors (Lipinski definition) is 0. The van der Waals surface area contributed by atoms with E-state index in [1.807, 2.05) is 0 Å². The largest absolute Gasteiger partial charge is 0.457 e. The highest BCUT2D eigenvalue weighted by molar-refractivity contribution is 6.68. The lowest BCUT2D eigenvalue weighted by Crippen LogP contribution is -2.47. The molecule has 0 aromatic carbocycles. The van der Waals surface area contributed by atoms with Crippen LogP contribution < -0.4 is 0 Å². The summed E-state index contributed by atoms with van der Waals surface area (Å²) in [6.45, 7) is 0. The molecule has 0 fully saturated rings. The average molecular weight is 237 g/mol. The Labute approximate surface area is 73.2 Å². The fourth-order valence-corrected chi connectivity index (χ4v) is 0.482. The Hall–Kier alpha value is 0.520. The predicted molar refractivity (Wildman–Crippen MR) is 31.3 cm³/mol. The minimum absolute atomic E-state index is 3.66. The quantitative estimate of drug-likeness (QED) is 0.446. The van der Waals surface area contributed by atoms with Gasteiger partial charge in [-0.05, 0) is 0 Å². The Morgan fingerprint density at radius 1 is 0.727 bits per heavy atom. The number of rotatable bonds is 0. The molecule has 0 rings (SSSR count). The molecule has 0 aliphatic carbocycles. The molecule has 0 saturated carbocycles. The highest BCUT2D eigenvalue weighted by Crippen LogP contribution is 2.51. The molecule has 0 amide bonds. The van der Waals surface area contributed by atoms with Crippen LogP contribution in [0.2, 0.25) is 0 Å². The van der Waals surface area contributed by atoms with Crippen molar-refractivity contribution in [2.75, 3.05) is 0 Å². The van der Waals surface area contributed by atoms with Crippen LogP contribution in [0.4, 0.5) is 22.0 Å². The van der Waals surface area contributed by atoms with E-state index in [1.54, 1.807) is 0 Å². The van der Waals surface area contributed by atoms with Crippen molar-refractivity contribution in [1.29, 1.82) is 0 Å². The van der Waals surface area contributed by atoms with Gasteiger partial charge in [-0.15, -0.1) is 0 Å². The lowest BCUT2D eigenvalue weighted by atomic mass is 10.4. The van der Waals surface area contributed by atoms with Crippen LogP contribution in [0, 0.1) is 0 Å². The molecule has 0 aromatic rings. The van der Waals surface area contributed by atoms with Gasteiger partial charge >= 0.3 is 12.1 Å². The molecule has 0 saturated heterocycles. The molecule has 0 aromatic heterocycles. The Kier molecular flexibility index (Phi) is 2.91. The van der Waals surface area contributed by atoms with Crippen LogP contribution in [0.1, 0.15) is 0 Å². The molecule has 0 radical (unpaired) electrons. The van der Waals surface area contributed by atoms with Crippen molar-refractivity contribution in [2.45, 2.75) is 15.9 Å². The van der Waals surface area contributed by atoms with Crippen molar-refractivity contribution < 1.29 is 22.0 Å². The van der Waals surface area contributed by atoms with Gasteiger partial charge in [-0.2, -0.15) is 22.0 Å². The van der Waals surface area contributed by atoms with Gasteiger partial charge in [-0.25, -0.2) is 0 Å². The van der Waals surface area contributed by atoms with Crippen LogP contribution >= 0.6 is 34.8 Å². The Morgan fingerprint density at radius 3 is 1.00 bits per heavy atom. The first-order chi connectivity index (χ1) is 4.50. The highest BCUT2D eigenvalue weighted by Gasteiger charge is 2.69. The third-order valence-electron chi connectivity index (χ3n) is 0.712. The van der Waals surface area contributed by atoms with Gasteiger partial charge in [0.25, 0.3) is 3.79 Å². The Balaban J connectivity index is 4.75. The SMILES string of the molecule is FC(F)(F)C(F)(F)C(Cl)(Cl)Cl. The van der Waals surface area contributed by atoms with Gasteiger partial charge in [-0.3, -0.25) is 0 Å². The van der Waals surface area contributed by atoms with Crippen LogP contribution in [-0.4, -0.2) is 15.9 Å². The molecule has 0 spiro atoms. The second kappa shape index (κ2) is 2.78. The van der Waals surface area contributed by atoms with E-state index in [2.05, 4.69) is 34.8 Å². The van der Waals surface area contributed by atoms with E-state index in [0.29, 0.717) is 0 Å². The summed E-state index contributed by atoms with van der Waals surface area (Å²) in [6.07, 6.45) is -5.85. The van der Waals surface area contributed by atoms with Crippen LogP contribution in [-0.2, 0) is 0 Å².